The maximum atomic E-state index is 11.6. The van der Waals surface area contributed by atoms with Crippen molar-refractivity contribution in [3.8, 4) is 6.07 Å². The zero-order valence-corrected chi connectivity index (χ0v) is 8.81. The summed E-state index contributed by atoms with van der Waals surface area (Å²) in [6.45, 7) is 1.65. The lowest BCUT2D eigenvalue weighted by Gasteiger charge is -2.05. The zero-order chi connectivity index (χ0) is 12.3. The summed E-state index contributed by atoms with van der Waals surface area (Å²) < 4.78 is 1.28. The third-order valence-corrected chi connectivity index (χ3v) is 2.23. The lowest BCUT2D eigenvalue weighted by atomic mass is 10.1. The summed E-state index contributed by atoms with van der Waals surface area (Å²) in [5.41, 5.74) is 6.34. The van der Waals surface area contributed by atoms with E-state index in [2.05, 4.69) is 4.79 Å². The van der Waals surface area contributed by atoms with Crippen molar-refractivity contribution in [1.29, 1.82) is 10.8 Å². The Morgan fingerprint density at radius 2 is 2.31 bits per heavy atom. The Bertz CT molecular complexity index is 600. The molecular weight excluding hydrogens is 208 g/mol. The van der Waals surface area contributed by atoms with E-state index >= 15 is 0 Å². The van der Waals surface area contributed by atoms with Gasteiger partial charge in [0, 0.05) is 12.7 Å². The monoisotopic (exact) mass is 217 g/mol. The molecule has 0 aliphatic heterocycles. The summed E-state index contributed by atoms with van der Waals surface area (Å²) in [7, 11) is 1.52. The van der Waals surface area contributed by atoms with Crippen LogP contribution in [0.3, 0.4) is 0 Å². The number of rotatable bonds is 2. The molecule has 0 spiro atoms. The number of nitrogens with zero attached hydrogens (tertiary/aromatic N) is 3. The molecule has 0 fully saturated rings. The van der Waals surface area contributed by atoms with Crippen LogP contribution in [0.5, 0.6) is 0 Å². The summed E-state index contributed by atoms with van der Waals surface area (Å²) in [6.07, 6.45) is 0.759. The molecule has 0 aliphatic carbocycles. The van der Waals surface area contributed by atoms with Gasteiger partial charge in [-0.1, -0.05) is 0 Å². The molecule has 1 heterocycles. The van der Waals surface area contributed by atoms with Gasteiger partial charge >= 0.3 is 6.21 Å². The van der Waals surface area contributed by atoms with Crippen LogP contribution in [-0.2, 0) is 7.05 Å². The Hall–Kier alpha value is -2.51. The molecule has 6 nitrogen and oxygen atoms in total. The zero-order valence-electron chi connectivity index (χ0n) is 8.81. The van der Waals surface area contributed by atoms with Crippen LogP contribution in [-0.4, -0.2) is 21.4 Å². The van der Waals surface area contributed by atoms with Crippen molar-refractivity contribution in [1.82, 2.24) is 4.57 Å². The third kappa shape index (κ3) is 1.80. The second kappa shape index (κ2) is 4.34. The van der Waals surface area contributed by atoms with E-state index in [4.69, 9.17) is 10.8 Å². The number of aromatic nitrogens is 1. The average Bonchev–Trinajstić information content (AvgIpc) is 2.26. The highest BCUT2D eigenvalue weighted by Crippen LogP contribution is 2.06. The smallest absolute Gasteiger partial charge is 0.315 e. The van der Waals surface area contributed by atoms with Gasteiger partial charge in [-0.15, -0.1) is 0 Å². The number of ketones is 1. The van der Waals surface area contributed by atoms with Gasteiger partial charge < -0.3 is 4.57 Å². The van der Waals surface area contributed by atoms with Gasteiger partial charge in [0.15, 0.2) is 0 Å². The molecule has 1 aromatic heterocycles. The number of Topliss-reactive ketones (excluding diaryl/α,β-unsaturated/α-hetero) is 1. The Kier molecular flexibility index (Phi) is 3.14. The van der Waals surface area contributed by atoms with Crippen molar-refractivity contribution >= 4 is 12.0 Å². The fourth-order valence-corrected chi connectivity index (χ4v) is 1.25. The molecule has 1 N–H and O–H groups in total. The SMILES string of the molecule is Cc1cc(C(=O)C=[N+]=N)c(C#N)c(=O)n1C. The van der Waals surface area contributed by atoms with Gasteiger partial charge in [-0.2, -0.15) is 5.26 Å². The first-order chi connectivity index (χ1) is 7.52. The quantitative estimate of drug-likeness (QED) is 0.328. The summed E-state index contributed by atoms with van der Waals surface area (Å²) in [4.78, 5) is 25.9. The fraction of sp³-hybridized carbons (Fsp3) is 0.200. The molecule has 0 aliphatic rings. The normalized spacial score (nSPS) is 9.06. The maximum Gasteiger partial charge on any atom is 0.377 e. The molecule has 0 saturated heterocycles. The van der Waals surface area contributed by atoms with Crippen LogP contribution in [0, 0.1) is 23.8 Å². The van der Waals surface area contributed by atoms with Gasteiger partial charge in [-0.05, 0) is 13.0 Å². The molecule has 0 amide bonds. The van der Waals surface area contributed by atoms with Crippen LogP contribution in [0.15, 0.2) is 10.9 Å². The molecule has 0 radical (unpaired) electrons. The maximum absolute atomic E-state index is 11.6. The van der Waals surface area contributed by atoms with E-state index in [1.165, 1.54) is 17.7 Å². The van der Waals surface area contributed by atoms with E-state index < -0.39 is 11.3 Å². The number of hydrogen-bond donors (Lipinski definition) is 1. The fourth-order valence-electron chi connectivity index (χ4n) is 1.25. The predicted octanol–water partition coefficient (Wildman–Crippen LogP) is 0.0581. The van der Waals surface area contributed by atoms with Crippen molar-refractivity contribution in [2.45, 2.75) is 6.92 Å². The molecule has 16 heavy (non-hydrogen) atoms. The first kappa shape index (κ1) is 11.6. The minimum atomic E-state index is -0.618. The van der Waals surface area contributed by atoms with Crippen LogP contribution in [0.1, 0.15) is 21.6 Å². The largest absolute Gasteiger partial charge is 0.377 e. The highest BCUT2D eigenvalue weighted by molar-refractivity contribution is 6.34. The highest BCUT2D eigenvalue weighted by atomic mass is 16.1. The van der Waals surface area contributed by atoms with Gasteiger partial charge in [-0.3, -0.25) is 9.59 Å². The van der Waals surface area contributed by atoms with Crippen LogP contribution in [0.4, 0.5) is 0 Å². The van der Waals surface area contributed by atoms with E-state index in [1.54, 1.807) is 13.0 Å². The van der Waals surface area contributed by atoms with Gasteiger partial charge in [0.25, 0.3) is 11.3 Å². The molecule has 6 heteroatoms. The molecule has 1 rings (SSSR count). The Labute approximate surface area is 91.0 Å². The molecule has 0 aromatic carbocycles. The van der Waals surface area contributed by atoms with Crippen molar-refractivity contribution in [2.24, 2.45) is 7.05 Å². The van der Waals surface area contributed by atoms with Crippen molar-refractivity contribution in [3.05, 3.63) is 33.2 Å². The van der Waals surface area contributed by atoms with E-state index in [-0.39, 0.29) is 11.1 Å². The second-order valence-electron chi connectivity index (χ2n) is 3.17. The number of hydrogen-bond acceptors (Lipinski definition) is 4. The van der Waals surface area contributed by atoms with Crippen molar-refractivity contribution in [3.63, 3.8) is 0 Å². The Morgan fingerprint density at radius 1 is 1.69 bits per heavy atom. The molecule has 0 saturated carbocycles. The van der Waals surface area contributed by atoms with Gasteiger partial charge in [-0.25, -0.2) is 0 Å². The summed E-state index contributed by atoms with van der Waals surface area (Å²) >= 11 is 0. The molecular formula is C10H9N4O2+. The van der Waals surface area contributed by atoms with Crippen LogP contribution < -0.4 is 5.56 Å². The van der Waals surface area contributed by atoms with E-state index in [9.17, 15) is 9.59 Å². The number of aryl methyl sites for hydroxylation is 1. The van der Waals surface area contributed by atoms with E-state index in [0.717, 1.165) is 6.21 Å². The Morgan fingerprint density at radius 3 is 2.81 bits per heavy atom. The van der Waals surface area contributed by atoms with E-state index in [0.29, 0.717) is 5.69 Å². The van der Waals surface area contributed by atoms with Crippen molar-refractivity contribution in [2.75, 3.05) is 0 Å². The highest BCUT2D eigenvalue weighted by Gasteiger charge is 2.18. The number of carbonyl (C=O) groups excluding carboxylic acids is 1. The summed E-state index contributed by atoms with van der Waals surface area (Å²) in [5, 5.41) is 8.82. The van der Waals surface area contributed by atoms with E-state index in [1.807, 2.05) is 0 Å². The molecule has 80 valence electrons. The van der Waals surface area contributed by atoms with Crippen molar-refractivity contribution < 1.29 is 9.58 Å². The lowest BCUT2D eigenvalue weighted by Crippen LogP contribution is -2.25. The topological polar surface area (TPSA) is 101 Å². The van der Waals surface area contributed by atoms with Gasteiger partial charge in [0.1, 0.15) is 11.6 Å². The molecule has 0 unspecified atom stereocenters. The number of pyridine rings is 1. The minimum absolute atomic E-state index is 0.0147. The standard InChI is InChI=1S/C10H9N4O2/c1-6-3-7(9(15)5-13-12)8(4-11)10(16)14(6)2/h3,5,12H,1-2H3/q+1. The second-order valence-corrected chi connectivity index (χ2v) is 3.17. The van der Waals surface area contributed by atoms with Gasteiger partial charge in [0.05, 0.1) is 15.9 Å². The predicted molar refractivity (Wildman–Crippen MR) is 54.5 cm³/mol. The average molecular weight is 217 g/mol. The number of carbonyl (C=O) groups is 1. The van der Waals surface area contributed by atoms with Crippen LogP contribution in [0.2, 0.25) is 0 Å². The first-order valence-electron chi connectivity index (χ1n) is 4.37. The molecule has 0 bridgehead atoms. The summed E-state index contributed by atoms with van der Waals surface area (Å²) in [5.74, 6) is -0.618. The minimum Gasteiger partial charge on any atom is -0.315 e. The van der Waals surface area contributed by atoms with Crippen LogP contribution >= 0.6 is 0 Å². The third-order valence-electron chi connectivity index (χ3n) is 2.23. The Balaban J connectivity index is 3.66. The van der Waals surface area contributed by atoms with Gasteiger partial charge in [0.2, 0.25) is 0 Å². The lowest BCUT2D eigenvalue weighted by molar-refractivity contribution is -0.111. The molecule has 1 aromatic rings. The first-order valence-corrected chi connectivity index (χ1v) is 4.37. The number of nitriles is 1. The number of nitrogens with one attached hydrogen (secondary N) is 1. The molecule has 0 atom stereocenters. The summed E-state index contributed by atoms with van der Waals surface area (Å²) in [6, 6.07) is 3.13. The van der Waals surface area contributed by atoms with Crippen LogP contribution in [0.25, 0.3) is 0 Å².